The van der Waals surface area contributed by atoms with Gasteiger partial charge in [0.1, 0.15) is 34.0 Å². The number of hydrogen-bond acceptors (Lipinski definition) is 13. The summed E-state index contributed by atoms with van der Waals surface area (Å²) in [7, 11) is 3.50. The number of carbonyl (C=O) groups excluding carboxylic acids is 1. The van der Waals surface area contributed by atoms with Crippen molar-refractivity contribution in [3.8, 4) is 0 Å². The van der Waals surface area contributed by atoms with Crippen molar-refractivity contribution in [1.29, 1.82) is 0 Å². The Kier molecular flexibility index (Phi) is 11.0. The maximum Gasteiger partial charge on any atom is 0.306 e. The monoisotopic (exact) mass is 867 g/mol. The van der Waals surface area contributed by atoms with Gasteiger partial charge in [-0.05, 0) is 96.2 Å². The molecule has 10 rings (SSSR count). The SMILES string of the molecule is COCCN(C)C(=O)[C@H]1CCc2c(sc3ncnc(Nc4cc5c(cc4Cl)CN=C5)c23)C1.O=C(O)[C@H]1CCc2c(sc3ncnc(Nc4cc5c(cc4Cl)CN=C5)c23)C1. The van der Waals surface area contributed by atoms with E-state index >= 15 is 0 Å². The van der Waals surface area contributed by atoms with Crippen molar-refractivity contribution in [3.63, 3.8) is 0 Å². The first-order valence-corrected chi connectivity index (χ1v) is 21.7. The molecular weight excluding hydrogens is 830 g/mol. The molecule has 4 aliphatic rings. The number of aryl methyl sites for hydroxylation is 2. The fourth-order valence-corrected chi connectivity index (χ4v) is 11.2. The van der Waals surface area contributed by atoms with Gasteiger partial charge in [-0.15, -0.1) is 22.7 Å². The predicted molar refractivity (Wildman–Crippen MR) is 235 cm³/mol. The summed E-state index contributed by atoms with van der Waals surface area (Å²) >= 11 is 16.2. The van der Waals surface area contributed by atoms with Gasteiger partial charge in [0.05, 0.1) is 57.8 Å². The summed E-state index contributed by atoms with van der Waals surface area (Å²) in [6, 6.07) is 7.90. The highest BCUT2D eigenvalue weighted by atomic mass is 35.5. The number of anilines is 4. The van der Waals surface area contributed by atoms with E-state index in [9.17, 15) is 14.7 Å². The van der Waals surface area contributed by atoms with Crippen LogP contribution in [0.25, 0.3) is 20.4 Å². The van der Waals surface area contributed by atoms with E-state index in [-0.39, 0.29) is 17.7 Å². The first kappa shape index (κ1) is 39.4. The van der Waals surface area contributed by atoms with E-state index in [1.54, 1.807) is 41.0 Å². The Labute approximate surface area is 357 Å². The zero-order valence-corrected chi connectivity index (χ0v) is 35.4. The Morgan fingerprint density at radius 1 is 0.797 bits per heavy atom. The molecule has 6 aromatic rings. The summed E-state index contributed by atoms with van der Waals surface area (Å²) in [6.07, 6.45) is 11.1. The molecule has 13 nitrogen and oxygen atoms in total. The zero-order chi connectivity index (χ0) is 40.8. The van der Waals surface area contributed by atoms with Gasteiger partial charge in [-0.1, -0.05) is 23.2 Å². The summed E-state index contributed by atoms with van der Waals surface area (Å²) in [6.45, 7) is 2.49. The predicted octanol–water partition coefficient (Wildman–Crippen LogP) is 8.44. The number of likely N-dealkylation sites (N-methyl/N-ethyl adjacent to an activating group) is 1. The van der Waals surface area contributed by atoms with E-state index in [1.165, 1.54) is 16.8 Å². The number of fused-ring (bicyclic) bond motifs is 8. The number of carbonyl (C=O) groups is 2. The summed E-state index contributed by atoms with van der Waals surface area (Å²) in [4.78, 5) is 56.6. The van der Waals surface area contributed by atoms with Gasteiger partial charge in [0.2, 0.25) is 5.91 Å². The molecule has 0 radical (unpaired) electrons. The van der Waals surface area contributed by atoms with Crippen molar-refractivity contribution in [2.45, 2.75) is 51.6 Å². The van der Waals surface area contributed by atoms with Gasteiger partial charge in [-0.2, -0.15) is 0 Å². The molecule has 0 saturated carbocycles. The largest absolute Gasteiger partial charge is 0.481 e. The van der Waals surface area contributed by atoms with Crippen LogP contribution in [-0.4, -0.2) is 81.6 Å². The number of hydrogen-bond donors (Lipinski definition) is 3. The molecule has 0 unspecified atom stereocenters. The lowest BCUT2D eigenvalue weighted by Crippen LogP contribution is -2.37. The molecule has 302 valence electrons. The van der Waals surface area contributed by atoms with Gasteiger partial charge in [0.25, 0.3) is 0 Å². The van der Waals surface area contributed by atoms with Gasteiger partial charge in [0.15, 0.2) is 0 Å². The van der Waals surface area contributed by atoms with Crippen LogP contribution in [0.5, 0.6) is 0 Å². The molecule has 6 heterocycles. The van der Waals surface area contributed by atoms with Gasteiger partial charge in [-0.25, -0.2) is 19.9 Å². The van der Waals surface area contributed by atoms with E-state index in [0.717, 1.165) is 96.0 Å². The molecule has 0 saturated heterocycles. The smallest absolute Gasteiger partial charge is 0.306 e. The van der Waals surface area contributed by atoms with Crippen LogP contribution in [0.2, 0.25) is 10.0 Å². The second-order valence-corrected chi connectivity index (χ2v) is 18.0. The third-order valence-corrected chi connectivity index (χ3v) is 14.3. The number of nitrogens with zero attached hydrogens (tertiary/aromatic N) is 7. The van der Waals surface area contributed by atoms with Gasteiger partial charge >= 0.3 is 5.97 Å². The van der Waals surface area contributed by atoms with Crippen LogP contribution >= 0.6 is 45.9 Å². The second-order valence-electron chi connectivity index (χ2n) is 15.0. The third kappa shape index (κ3) is 7.77. The van der Waals surface area contributed by atoms with Crippen molar-refractivity contribution < 1.29 is 19.4 Å². The number of nitrogens with one attached hydrogen (secondary N) is 2. The number of aromatic nitrogens is 4. The molecule has 2 aliphatic heterocycles. The van der Waals surface area contributed by atoms with E-state index in [0.29, 0.717) is 54.9 Å². The number of amides is 1. The summed E-state index contributed by atoms with van der Waals surface area (Å²) < 4.78 is 5.11. The number of carboxylic acid groups (broad SMARTS) is 1. The fraction of sp³-hybridized carbons (Fsp3) is 0.333. The molecule has 2 aromatic carbocycles. The molecule has 0 bridgehead atoms. The minimum atomic E-state index is -0.728. The number of halogens is 2. The Morgan fingerprint density at radius 2 is 1.31 bits per heavy atom. The van der Waals surface area contributed by atoms with Crippen LogP contribution in [-0.2, 0) is 53.1 Å². The minimum Gasteiger partial charge on any atom is -0.481 e. The highest BCUT2D eigenvalue weighted by Crippen LogP contribution is 2.43. The van der Waals surface area contributed by atoms with Crippen LogP contribution in [0, 0.1) is 11.8 Å². The quantitative estimate of drug-likeness (QED) is 0.128. The molecular formula is C42H39Cl2N9O4S2. The van der Waals surface area contributed by atoms with Crippen LogP contribution in [0.1, 0.15) is 56.0 Å². The molecule has 3 N–H and O–H groups in total. The average Bonchev–Trinajstić information content (AvgIpc) is 4.04. The highest BCUT2D eigenvalue weighted by Gasteiger charge is 2.32. The van der Waals surface area contributed by atoms with Crippen molar-refractivity contribution >= 4 is 114 Å². The third-order valence-electron chi connectivity index (χ3n) is 11.3. The van der Waals surface area contributed by atoms with Gasteiger partial charge < -0.3 is 25.4 Å². The van der Waals surface area contributed by atoms with E-state index in [4.69, 9.17) is 27.9 Å². The Bertz CT molecular complexity index is 2720. The Morgan fingerprint density at radius 3 is 1.81 bits per heavy atom. The second kappa shape index (κ2) is 16.5. The molecule has 1 amide bonds. The number of benzene rings is 2. The maximum atomic E-state index is 12.9. The molecule has 0 fully saturated rings. The molecule has 4 aromatic heterocycles. The summed E-state index contributed by atoms with van der Waals surface area (Å²) in [5.74, 6) is 0.595. The Balaban J connectivity index is 0.000000154. The number of aliphatic imine (C=N–C) groups is 2. The summed E-state index contributed by atoms with van der Waals surface area (Å²) in [5.41, 5.74) is 8.38. The van der Waals surface area contributed by atoms with Crippen molar-refractivity contribution in [2.75, 3.05) is 37.9 Å². The van der Waals surface area contributed by atoms with Crippen LogP contribution in [0.4, 0.5) is 23.0 Å². The van der Waals surface area contributed by atoms with Crippen molar-refractivity contribution in [1.82, 2.24) is 24.8 Å². The lowest BCUT2D eigenvalue weighted by atomic mass is 9.87. The van der Waals surface area contributed by atoms with Crippen molar-refractivity contribution in [2.24, 2.45) is 21.8 Å². The summed E-state index contributed by atoms with van der Waals surface area (Å²) in [5, 5.41) is 19.4. The lowest BCUT2D eigenvalue weighted by Gasteiger charge is -2.26. The number of ether oxygens (including phenoxy) is 1. The molecule has 0 spiro atoms. The molecule has 59 heavy (non-hydrogen) atoms. The maximum absolute atomic E-state index is 12.9. The van der Waals surface area contributed by atoms with Gasteiger partial charge in [-0.3, -0.25) is 19.6 Å². The molecule has 17 heteroatoms. The molecule has 2 aliphatic carbocycles. The van der Waals surface area contributed by atoms with E-state index in [2.05, 4.69) is 40.6 Å². The Hall–Kier alpha value is -5.06. The zero-order valence-electron chi connectivity index (χ0n) is 32.2. The van der Waals surface area contributed by atoms with Crippen LogP contribution in [0.3, 0.4) is 0 Å². The van der Waals surface area contributed by atoms with E-state index in [1.807, 2.05) is 43.7 Å². The normalized spacial score (nSPS) is 17.2. The minimum absolute atomic E-state index is 0.00720. The average molecular weight is 869 g/mol. The van der Waals surface area contributed by atoms with E-state index < -0.39 is 5.97 Å². The lowest BCUT2D eigenvalue weighted by molar-refractivity contribution is -0.142. The number of rotatable bonds is 9. The van der Waals surface area contributed by atoms with Crippen LogP contribution in [0.15, 0.2) is 46.9 Å². The number of methoxy groups -OCH3 is 1. The number of thiophene rings is 2. The molecule has 2 atom stereocenters. The number of aliphatic carboxylic acids is 1. The van der Waals surface area contributed by atoms with Crippen LogP contribution < -0.4 is 10.6 Å². The topological polar surface area (TPSA) is 167 Å². The number of carboxylic acids is 1. The highest BCUT2D eigenvalue weighted by molar-refractivity contribution is 7.19. The first-order chi connectivity index (χ1) is 28.6. The van der Waals surface area contributed by atoms with Crippen molar-refractivity contribution in [3.05, 3.63) is 90.1 Å². The first-order valence-electron chi connectivity index (χ1n) is 19.3. The fourth-order valence-electron chi connectivity index (χ4n) is 8.19. The standard InChI is InChI=1S/C23H24ClN5O2S.C19H15ClN4O2S/c1-29(5-6-31-2)23(30)13-3-4-16-19(9-13)32-22-20(16)21(26-12-27-22)28-18-8-15-11-25-10-14(15)7-17(18)24;20-13-3-10-6-21-7-11(10)4-14(13)24-17-16-12-2-1-9(19(25)26)5-15(12)27-18(16)23-8-22-17/h7-8,11-13H,3-6,9-10H2,1-2H3,(H,26,27,28);3-4,7-9H,1-2,5-6H2,(H,25,26)(H,22,23,24)/t13-;9-/m00/s1. The van der Waals surface area contributed by atoms with Gasteiger partial charge in [0, 0.05) is 48.8 Å².